The molecular formula is C12H8F6O. The molecule has 0 spiro atoms. The molecule has 0 amide bonds. The summed E-state index contributed by atoms with van der Waals surface area (Å²) in [5.41, 5.74) is -7.25. The molecule has 1 aliphatic carbocycles. The fourth-order valence-electron chi connectivity index (χ4n) is 2.47. The summed E-state index contributed by atoms with van der Waals surface area (Å²) in [5, 5.41) is 0. The zero-order chi connectivity index (χ0) is 14.8. The maximum atomic E-state index is 13.8. The molecular weight excluding hydrogens is 274 g/mol. The molecule has 0 heterocycles. The molecule has 1 unspecified atom stereocenters. The summed E-state index contributed by atoms with van der Waals surface area (Å²) in [7, 11) is 0. The molecule has 0 N–H and O–H groups in total. The summed E-state index contributed by atoms with van der Waals surface area (Å²) in [6, 6.07) is 0.664. The van der Waals surface area contributed by atoms with Crippen LogP contribution in [-0.4, -0.2) is 12.5 Å². The van der Waals surface area contributed by atoms with Gasteiger partial charge in [-0.05, 0) is 25.0 Å². The standard InChI is InChI=1S/C12H8F6O/c1-5-3-8-9(6(2)7(5)4-19)11(14,15)10(8,13)12(16,17)18/h3-4H,1-2H3. The summed E-state index contributed by atoms with van der Waals surface area (Å²) < 4.78 is 78.7. The van der Waals surface area contributed by atoms with Crippen molar-refractivity contribution in [2.75, 3.05) is 0 Å². The van der Waals surface area contributed by atoms with E-state index in [0.717, 1.165) is 6.92 Å². The fourth-order valence-corrected chi connectivity index (χ4v) is 2.47. The van der Waals surface area contributed by atoms with Gasteiger partial charge in [0.25, 0.3) is 5.67 Å². The number of hydrogen-bond acceptors (Lipinski definition) is 1. The molecule has 0 aromatic heterocycles. The molecule has 1 aliphatic rings. The SMILES string of the molecule is Cc1cc2c(c(C)c1C=O)C(F)(F)C2(F)C(F)(F)F. The van der Waals surface area contributed by atoms with Crippen molar-refractivity contribution in [3.05, 3.63) is 33.9 Å². The van der Waals surface area contributed by atoms with E-state index < -0.39 is 28.9 Å². The van der Waals surface area contributed by atoms with Gasteiger partial charge in [-0.15, -0.1) is 0 Å². The zero-order valence-corrected chi connectivity index (χ0v) is 9.83. The normalized spacial score (nSPS) is 24.6. The number of rotatable bonds is 1. The van der Waals surface area contributed by atoms with Gasteiger partial charge >= 0.3 is 12.1 Å². The third-order valence-electron chi connectivity index (χ3n) is 3.46. The van der Waals surface area contributed by atoms with Crippen molar-refractivity contribution in [1.82, 2.24) is 0 Å². The van der Waals surface area contributed by atoms with E-state index in [-0.39, 0.29) is 23.0 Å². The van der Waals surface area contributed by atoms with E-state index in [4.69, 9.17) is 0 Å². The Hall–Kier alpha value is -1.53. The van der Waals surface area contributed by atoms with Crippen LogP contribution in [0.5, 0.6) is 0 Å². The molecule has 0 radical (unpaired) electrons. The van der Waals surface area contributed by atoms with Crippen LogP contribution < -0.4 is 0 Å². The van der Waals surface area contributed by atoms with E-state index in [1.54, 1.807) is 0 Å². The Morgan fingerprint density at radius 1 is 1.16 bits per heavy atom. The molecule has 7 heteroatoms. The van der Waals surface area contributed by atoms with Crippen molar-refractivity contribution >= 4 is 6.29 Å². The van der Waals surface area contributed by atoms with E-state index in [0.29, 0.717) is 6.07 Å². The number of carbonyl (C=O) groups excluding carboxylic acids is 1. The van der Waals surface area contributed by atoms with E-state index in [1.165, 1.54) is 6.92 Å². The Morgan fingerprint density at radius 2 is 1.68 bits per heavy atom. The molecule has 19 heavy (non-hydrogen) atoms. The van der Waals surface area contributed by atoms with Gasteiger partial charge < -0.3 is 0 Å². The highest BCUT2D eigenvalue weighted by Gasteiger charge is 2.80. The first-order valence-corrected chi connectivity index (χ1v) is 5.24. The van der Waals surface area contributed by atoms with Crippen LogP contribution >= 0.6 is 0 Å². The van der Waals surface area contributed by atoms with Crippen molar-refractivity contribution in [2.45, 2.75) is 31.6 Å². The fraction of sp³-hybridized carbons (Fsp3) is 0.417. The summed E-state index contributed by atoms with van der Waals surface area (Å²) >= 11 is 0. The highest BCUT2D eigenvalue weighted by Crippen LogP contribution is 2.67. The number of fused-ring (bicyclic) bond motifs is 1. The van der Waals surface area contributed by atoms with E-state index in [1.807, 2.05) is 0 Å². The van der Waals surface area contributed by atoms with E-state index in [2.05, 4.69) is 0 Å². The maximum absolute atomic E-state index is 13.8. The largest absolute Gasteiger partial charge is 0.433 e. The van der Waals surface area contributed by atoms with Crippen LogP contribution in [0.1, 0.15) is 32.6 Å². The third-order valence-corrected chi connectivity index (χ3v) is 3.46. The minimum Gasteiger partial charge on any atom is -0.298 e. The number of aryl methyl sites for hydroxylation is 1. The Bertz CT molecular complexity index is 575. The second kappa shape index (κ2) is 3.52. The van der Waals surface area contributed by atoms with Crippen LogP contribution in [0.15, 0.2) is 6.07 Å². The monoisotopic (exact) mass is 282 g/mol. The topological polar surface area (TPSA) is 17.1 Å². The molecule has 0 aliphatic heterocycles. The van der Waals surface area contributed by atoms with Crippen molar-refractivity contribution in [1.29, 1.82) is 0 Å². The zero-order valence-electron chi connectivity index (χ0n) is 9.83. The van der Waals surface area contributed by atoms with Crippen LogP contribution in [-0.2, 0) is 11.6 Å². The van der Waals surface area contributed by atoms with Gasteiger partial charge in [0.05, 0.1) is 0 Å². The Kier molecular flexibility index (Phi) is 2.57. The average molecular weight is 282 g/mol. The smallest absolute Gasteiger partial charge is 0.298 e. The minimum absolute atomic E-state index is 0.0352. The van der Waals surface area contributed by atoms with Crippen LogP contribution in [0.2, 0.25) is 0 Å². The van der Waals surface area contributed by atoms with Gasteiger partial charge in [0.1, 0.15) is 0 Å². The number of carbonyl (C=O) groups is 1. The average Bonchev–Trinajstić information content (AvgIpc) is 2.25. The molecule has 0 saturated carbocycles. The molecule has 104 valence electrons. The Balaban J connectivity index is 2.82. The number of aldehydes is 1. The van der Waals surface area contributed by atoms with Crippen molar-refractivity contribution in [2.24, 2.45) is 0 Å². The number of benzene rings is 1. The lowest BCUT2D eigenvalue weighted by atomic mass is 9.67. The van der Waals surface area contributed by atoms with Gasteiger partial charge in [0.15, 0.2) is 6.29 Å². The molecule has 1 aromatic rings. The lowest BCUT2D eigenvalue weighted by molar-refractivity contribution is -0.333. The molecule has 2 rings (SSSR count). The highest BCUT2D eigenvalue weighted by atomic mass is 19.4. The maximum Gasteiger partial charge on any atom is 0.433 e. The molecule has 0 fully saturated rings. The van der Waals surface area contributed by atoms with Gasteiger partial charge in [-0.2, -0.15) is 22.0 Å². The predicted molar refractivity (Wildman–Crippen MR) is 54.0 cm³/mol. The van der Waals surface area contributed by atoms with Crippen molar-refractivity contribution in [3.63, 3.8) is 0 Å². The van der Waals surface area contributed by atoms with Gasteiger partial charge in [-0.1, -0.05) is 6.07 Å². The first kappa shape index (κ1) is 13.9. The number of alkyl halides is 6. The second-order valence-electron chi connectivity index (χ2n) is 4.50. The van der Waals surface area contributed by atoms with Crippen molar-refractivity contribution < 1.29 is 31.1 Å². The van der Waals surface area contributed by atoms with Gasteiger partial charge in [-0.25, -0.2) is 4.39 Å². The van der Waals surface area contributed by atoms with E-state index >= 15 is 0 Å². The van der Waals surface area contributed by atoms with Crippen molar-refractivity contribution in [3.8, 4) is 0 Å². The highest BCUT2D eigenvalue weighted by molar-refractivity contribution is 5.82. The summed E-state index contributed by atoms with van der Waals surface area (Å²) in [6.45, 7) is 2.35. The van der Waals surface area contributed by atoms with E-state index in [9.17, 15) is 31.1 Å². The quantitative estimate of drug-likeness (QED) is 0.563. The molecule has 1 nitrogen and oxygen atoms in total. The van der Waals surface area contributed by atoms with Crippen LogP contribution in [0, 0.1) is 13.8 Å². The first-order valence-electron chi connectivity index (χ1n) is 5.24. The van der Waals surface area contributed by atoms with Gasteiger partial charge in [-0.3, -0.25) is 4.79 Å². The molecule has 1 aromatic carbocycles. The molecule has 0 bridgehead atoms. The lowest BCUT2D eigenvalue weighted by Gasteiger charge is -2.46. The lowest BCUT2D eigenvalue weighted by Crippen LogP contribution is -2.59. The predicted octanol–water partition coefficient (Wildman–Crippen LogP) is 3.95. The third kappa shape index (κ3) is 1.35. The van der Waals surface area contributed by atoms with Crippen LogP contribution in [0.3, 0.4) is 0 Å². The Morgan fingerprint density at radius 3 is 2.11 bits per heavy atom. The van der Waals surface area contributed by atoms with Crippen LogP contribution in [0.4, 0.5) is 26.3 Å². The number of halogens is 6. The molecule has 1 atom stereocenters. The van der Waals surface area contributed by atoms with Gasteiger partial charge in [0.2, 0.25) is 0 Å². The molecule has 0 saturated heterocycles. The first-order chi connectivity index (χ1) is 8.50. The Labute approximate surface area is 104 Å². The summed E-state index contributed by atoms with van der Waals surface area (Å²) in [4.78, 5) is 10.7. The summed E-state index contributed by atoms with van der Waals surface area (Å²) in [5.74, 6) is -4.68. The van der Waals surface area contributed by atoms with Crippen LogP contribution in [0.25, 0.3) is 0 Å². The second-order valence-corrected chi connectivity index (χ2v) is 4.50. The summed E-state index contributed by atoms with van der Waals surface area (Å²) in [6.07, 6.45) is -5.45. The van der Waals surface area contributed by atoms with Gasteiger partial charge in [0, 0.05) is 16.7 Å². The number of hydrogen-bond donors (Lipinski definition) is 0. The minimum atomic E-state index is -5.72.